The molecule has 1 aromatic carbocycles. The maximum Gasteiger partial charge on any atom is 0.122 e. The lowest BCUT2D eigenvalue weighted by atomic mass is 9.51. The molecular weight excluding hydrogens is 222 g/mol. The van der Waals surface area contributed by atoms with Crippen molar-refractivity contribution in [3.8, 4) is 5.75 Å². The average Bonchev–Trinajstić information content (AvgIpc) is 2.33. The first kappa shape index (κ1) is 13.4. The Kier molecular flexibility index (Phi) is 3.67. The molecule has 0 amide bonds. The third-order valence-electron chi connectivity index (χ3n) is 4.03. The molecule has 1 aliphatic rings. The number of benzene rings is 1. The molecule has 0 radical (unpaired) electrons. The summed E-state index contributed by atoms with van der Waals surface area (Å²) in [6.45, 7) is 8.95. The maximum absolute atomic E-state index is 5.55. The normalized spacial score (nSPS) is 20.2. The minimum Gasteiger partial charge on any atom is -0.496 e. The van der Waals surface area contributed by atoms with Crippen molar-refractivity contribution in [3.63, 3.8) is 0 Å². The fourth-order valence-corrected chi connectivity index (χ4v) is 3.64. The van der Waals surface area contributed by atoms with Gasteiger partial charge in [0.1, 0.15) is 5.75 Å². The second-order valence-electron chi connectivity index (χ2n) is 6.28. The van der Waals surface area contributed by atoms with Crippen LogP contribution < -0.4 is 10.1 Å². The molecular formula is C16H25NO. The van der Waals surface area contributed by atoms with Gasteiger partial charge in [-0.25, -0.2) is 0 Å². The monoisotopic (exact) mass is 247 g/mol. The summed E-state index contributed by atoms with van der Waals surface area (Å²) < 4.78 is 5.55. The molecule has 0 unspecified atom stereocenters. The van der Waals surface area contributed by atoms with E-state index in [0.29, 0.717) is 5.41 Å². The zero-order chi connectivity index (χ0) is 13.2. The van der Waals surface area contributed by atoms with Crippen LogP contribution in [-0.4, -0.2) is 20.2 Å². The topological polar surface area (TPSA) is 21.3 Å². The van der Waals surface area contributed by atoms with Gasteiger partial charge < -0.3 is 10.1 Å². The van der Waals surface area contributed by atoms with E-state index in [1.807, 2.05) is 6.07 Å². The van der Waals surface area contributed by atoms with E-state index < -0.39 is 0 Å². The first-order valence-corrected chi connectivity index (χ1v) is 6.87. The highest BCUT2D eigenvalue weighted by molar-refractivity contribution is 5.42. The minimum atomic E-state index is 0.256. The molecule has 1 aromatic rings. The standard InChI is InChI=1S/C16H25NO/c1-5-17-12-16(10-15(2,3)11-16)13-8-6-7-9-14(13)18-4/h6-9,17H,5,10-12H2,1-4H3. The van der Waals surface area contributed by atoms with Crippen LogP contribution in [0.1, 0.15) is 39.2 Å². The van der Waals surface area contributed by atoms with Gasteiger partial charge >= 0.3 is 0 Å². The fourth-order valence-electron chi connectivity index (χ4n) is 3.64. The highest BCUT2D eigenvalue weighted by Gasteiger charge is 2.50. The highest BCUT2D eigenvalue weighted by Crippen LogP contribution is 2.56. The molecule has 0 heterocycles. The number of likely N-dealkylation sites (N-methyl/N-ethyl adjacent to an activating group) is 1. The van der Waals surface area contributed by atoms with Gasteiger partial charge in [0.15, 0.2) is 0 Å². The quantitative estimate of drug-likeness (QED) is 0.861. The van der Waals surface area contributed by atoms with Gasteiger partial charge in [-0.05, 0) is 30.9 Å². The number of ether oxygens (including phenoxy) is 1. The molecule has 2 heteroatoms. The van der Waals surface area contributed by atoms with Gasteiger partial charge in [0.05, 0.1) is 7.11 Å². The fraction of sp³-hybridized carbons (Fsp3) is 0.625. The van der Waals surface area contributed by atoms with Crippen LogP contribution in [0.25, 0.3) is 0 Å². The molecule has 1 aliphatic carbocycles. The molecule has 2 rings (SSSR count). The lowest BCUT2D eigenvalue weighted by Gasteiger charge is -2.54. The van der Waals surface area contributed by atoms with Crippen LogP contribution in [0.3, 0.4) is 0 Å². The number of hydrogen-bond acceptors (Lipinski definition) is 2. The summed E-state index contributed by atoms with van der Waals surface area (Å²) in [4.78, 5) is 0. The van der Waals surface area contributed by atoms with E-state index in [9.17, 15) is 0 Å². The highest BCUT2D eigenvalue weighted by atomic mass is 16.5. The third-order valence-corrected chi connectivity index (χ3v) is 4.03. The number of para-hydroxylation sites is 1. The van der Waals surface area contributed by atoms with Gasteiger partial charge in [-0.2, -0.15) is 0 Å². The minimum absolute atomic E-state index is 0.256. The van der Waals surface area contributed by atoms with Gasteiger partial charge in [-0.1, -0.05) is 39.0 Å². The largest absolute Gasteiger partial charge is 0.496 e. The molecule has 1 fully saturated rings. The summed E-state index contributed by atoms with van der Waals surface area (Å²) in [5.41, 5.74) is 2.08. The SMILES string of the molecule is CCNCC1(c2ccccc2OC)CC(C)(C)C1. The van der Waals surface area contributed by atoms with Crippen molar-refractivity contribution in [1.82, 2.24) is 5.32 Å². The van der Waals surface area contributed by atoms with E-state index in [1.165, 1.54) is 18.4 Å². The van der Waals surface area contributed by atoms with Gasteiger partial charge in [0.25, 0.3) is 0 Å². The lowest BCUT2D eigenvalue weighted by Crippen LogP contribution is -2.52. The predicted molar refractivity (Wildman–Crippen MR) is 76.2 cm³/mol. The smallest absolute Gasteiger partial charge is 0.122 e. The molecule has 0 aromatic heterocycles. The number of rotatable bonds is 5. The van der Waals surface area contributed by atoms with Crippen molar-refractivity contribution in [1.29, 1.82) is 0 Å². The number of methoxy groups -OCH3 is 1. The van der Waals surface area contributed by atoms with E-state index in [2.05, 4.69) is 44.3 Å². The Morgan fingerprint density at radius 2 is 1.89 bits per heavy atom. The van der Waals surface area contributed by atoms with Crippen molar-refractivity contribution in [2.45, 2.75) is 39.0 Å². The van der Waals surface area contributed by atoms with Gasteiger partial charge in [0.2, 0.25) is 0 Å². The average molecular weight is 247 g/mol. The zero-order valence-corrected chi connectivity index (χ0v) is 12.0. The molecule has 0 spiro atoms. The van der Waals surface area contributed by atoms with Crippen LogP contribution in [0.5, 0.6) is 5.75 Å². The summed E-state index contributed by atoms with van der Waals surface area (Å²) in [7, 11) is 1.77. The van der Waals surface area contributed by atoms with Crippen molar-refractivity contribution in [3.05, 3.63) is 29.8 Å². The molecule has 1 saturated carbocycles. The van der Waals surface area contributed by atoms with Crippen LogP contribution in [0.2, 0.25) is 0 Å². The predicted octanol–water partition coefficient (Wildman–Crippen LogP) is 3.36. The second kappa shape index (κ2) is 4.93. The van der Waals surface area contributed by atoms with Crippen LogP contribution in [0.4, 0.5) is 0 Å². The molecule has 0 atom stereocenters. The number of nitrogens with one attached hydrogen (secondary N) is 1. The molecule has 1 N–H and O–H groups in total. The Morgan fingerprint density at radius 3 is 2.44 bits per heavy atom. The summed E-state index contributed by atoms with van der Waals surface area (Å²) in [6, 6.07) is 8.48. The first-order chi connectivity index (χ1) is 8.53. The third kappa shape index (κ3) is 2.39. The van der Waals surface area contributed by atoms with Gasteiger partial charge in [0, 0.05) is 17.5 Å². The summed E-state index contributed by atoms with van der Waals surface area (Å²) in [6.07, 6.45) is 2.46. The van der Waals surface area contributed by atoms with Crippen molar-refractivity contribution < 1.29 is 4.74 Å². The maximum atomic E-state index is 5.55. The Bertz CT molecular complexity index is 403. The summed E-state index contributed by atoms with van der Waals surface area (Å²) in [5, 5.41) is 3.52. The number of hydrogen-bond donors (Lipinski definition) is 1. The van der Waals surface area contributed by atoms with Crippen LogP contribution in [-0.2, 0) is 5.41 Å². The molecule has 18 heavy (non-hydrogen) atoms. The Labute approximate surface area is 111 Å². The van der Waals surface area contributed by atoms with E-state index in [4.69, 9.17) is 4.74 Å². The lowest BCUT2D eigenvalue weighted by molar-refractivity contribution is 0.0548. The van der Waals surface area contributed by atoms with Crippen LogP contribution in [0, 0.1) is 5.41 Å². The van der Waals surface area contributed by atoms with Gasteiger partial charge in [-0.3, -0.25) is 0 Å². The van der Waals surface area contributed by atoms with E-state index in [0.717, 1.165) is 18.8 Å². The Hall–Kier alpha value is -1.02. The summed E-state index contributed by atoms with van der Waals surface area (Å²) >= 11 is 0. The Morgan fingerprint density at radius 1 is 1.22 bits per heavy atom. The zero-order valence-electron chi connectivity index (χ0n) is 12.0. The summed E-state index contributed by atoms with van der Waals surface area (Å²) in [5.74, 6) is 1.03. The first-order valence-electron chi connectivity index (χ1n) is 6.87. The van der Waals surface area contributed by atoms with Crippen molar-refractivity contribution in [2.75, 3.05) is 20.2 Å². The second-order valence-corrected chi connectivity index (χ2v) is 6.28. The van der Waals surface area contributed by atoms with E-state index in [1.54, 1.807) is 7.11 Å². The molecule has 0 aliphatic heterocycles. The van der Waals surface area contributed by atoms with Crippen LogP contribution >= 0.6 is 0 Å². The molecule has 100 valence electrons. The molecule has 0 saturated heterocycles. The molecule has 0 bridgehead atoms. The van der Waals surface area contributed by atoms with Crippen molar-refractivity contribution in [2.24, 2.45) is 5.41 Å². The van der Waals surface area contributed by atoms with E-state index >= 15 is 0 Å². The van der Waals surface area contributed by atoms with Gasteiger partial charge in [-0.15, -0.1) is 0 Å². The van der Waals surface area contributed by atoms with E-state index in [-0.39, 0.29) is 5.41 Å². The van der Waals surface area contributed by atoms with Crippen LogP contribution in [0.15, 0.2) is 24.3 Å². The molecule has 2 nitrogen and oxygen atoms in total. The Balaban J connectivity index is 2.30. The van der Waals surface area contributed by atoms with Crippen molar-refractivity contribution >= 4 is 0 Å².